The second kappa shape index (κ2) is 5.20. The van der Waals surface area contributed by atoms with Crippen molar-refractivity contribution in [3.8, 4) is 11.5 Å². The number of tetrazole rings is 1. The molecule has 13 heteroatoms. The fourth-order valence-electron chi connectivity index (χ4n) is 0.750. The monoisotopic (exact) mass is 228 g/mol. The number of quaternary nitrogens is 1. The Labute approximate surface area is 85.6 Å². The molecule has 0 unspecified atom stereocenters. The summed E-state index contributed by atoms with van der Waals surface area (Å²) >= 11 is 0. The first kappa shape index (κ1) is 11.3. The summed E-state index contributed by atoms with van der Waals surface area (Å²) in [7, 11) is 0. The first-order chi connectivity index (χ1) is 7.83. The molecule has 2 aromatic rings. The summed E-state index contributed by atoms with van der Waals surface area (Å²) in [5.74, 6) is 1.81. The summed E-state index contributed by atoms with van der Waals surface area (Å²) in [5.41, 5.74) is 8.03. The van der Waals surface area contributed by atoms with E-state index in [0.29, 0.717) is 0 Å². The first-order valence-corrected chi connectivity index (χ1v) is 3.48. The van der Waals surface area contributed by atoms with Crippen LogP contribution in [0.2, 0.25) is 0 Å². The molecule has 16 heavy (non-hydrogen) atoms. The highest BCUT2D eigenvalue weighted by atomic mass is 16.6. The van der Waals surface area contributed by atoms with Crippen molar-refractivity contribution in [1.82, 2.24) is 30.7 Å². The molecule has 0 spiro atoms. The molecule has 84 valence electrons. The maximum Gasteiger partial charge on any atom is 0.202 e. The summed E-state index contributed by atoms with van der Waals surface area (Å²) in [5, 5.41) is 36.8. The third kappa shape index (κ3) is 2.01. The Morgan fingerprint density at radius 3 is 2.81 bits per heavy atom. The lowest BCUT2D eigenvalue weighted by Crippen LogP contribution is -2.42. The molecule has 0 saturated heterocycles. The molecule has 0 atom stereocenters. The highest BCUT2D eigenvalue weighted by molar-refractivity contribution is 5.61. The third-order valence-electron chi connectivity index (χ3n) is 1.26. The normalized spacial score (nSPS) is 8.88. The zero-order valence-corrected chi connectivity index (χ0v) is 7.50. The summed E-state index contributed by atoms with van der Waals surface area (Å²) in [6, 6.07) is 0. The Bertz CT molecular complexity index is 495. The Morgan fingerprint density at radius 2 is 2.25 bits per heavy atom. The van der Waals surface area contributed by atoms with Crippen molar-refractivity contribution >= 4 is 5.82 Å². The standard InChI is InChI=1S/C3N9O2.H4NO/c4-9-5-2-1(7-14-8-2)3-6-10-11-12(3)13;1-2/h;2H,1H3/q-1;+1. The van der Waals surface area contributed by atoms with E-state index in [1.165, 1.54) is 0 Å². The van der Waals surface area contributed by atoms with Crippen LogP contribution < -0.4 is 5.90 Å². The van der Waals surface area contributed by atoms with Crippen molar-refractivity contribution in [2.24, 2.45) is 5.11 Å². The Morgan fingerprint density at radius 1 is 1.50 bits per heavy atom. The van der Waals surface area contributed by atoms with Gasteiger partial charge in [0.1, 0.15) is 0 Å². The van der Waals surface area contributed by atoms with Crippen LogP contribution in [0.5, 0.6) is 0 Å². The van der Waals surface area contributed by atoms with E-state index in [2.05, 4.69) is 46.4 Å². The summed E-state index contributed by atoms with van der Waals surface area (Å²) in [6.07, 6.45) is 0. The van der Waals surface area contributed by atoms with Crippen LogP contribution in [0, 0.1) is 5.21 Å². The van der Waals surface area contributed by atoms with Gasteiger partial charge < -0.3 is 5.21 Å². The lowest BCUT2D eigenvalue weighted by Gasteiger charge is -2.01. The van der Waals surface area contributed by atoms with Crippen molar-refractivity contribution < 1.29 is 15.7 Å². The van der Waals surface area contributed by atoms with Gasteiger partial charge in [0.15, 0.2) is 5.69 Å². The minimum absolute atomic E-state index is 0.107. The molecule has 0 aliphatic carbocycles. The van der Waals surface area contributed by atoms with Crippen molar-refractivity contribution in [3.05, 3.63) is 15.7 Å². The van der Waals surface area contributed by atoms with Gasteiger partial charge in [0, 0.05) is 4.91 Å². The molecule has 2 rings (SSSR count). The topological polar surface area (TPSA) is 202 Å². The van der Waals surface area contributed by atoms with E-state index in [4.69, 9.17) is 10.7 Å². The van der Waals surface area contributed by atoms with E-state index in [-0.39, 0.29) is 22.2 Å². The van der Waals surface area contributed by atoms with Crippen LogP contribution in [0.3, 0.4) is 0 Å². The lowest BCUT2D eigenvalue weighted by atomic mass is 10.4. The third-order valence-corrected chi connectivity index (χ3v) is 1.26. The van der Waals surface area contributed by atoms with Gasteiger partial charge in [-0.2, -0.15) is 0 Å². The van der Waals surface area contributed by atoms with E-state index in [0.717, 1.165) is 0 Å². The van der Waals surface area contributed by atoms with Gasteiger partial charge in [-0.05, 0) is 31.4 Å². The molecule has 0 saturated carbocycles. The molecule has 0 amide bonds. The predicted molar refractivity (Wildman–Crippen MR) is 43.4 cm³/mol. The van der Waals surface area contributed by atoms with Crippen LogP contribution in [0.1, 0.15) is 0 Å². The molecule has 0 aliphatic rings. The van der Waals surface area contributed by atoms with Crippen LogP contribution in [0.25, 0.3) is 22.0 Å². The largest absolute Gasteiger partial charge is 0.788 e. The summed E-state index contributed by atoms with van der Waals surface area (Å²) in [4.78, 5) is 2.57. The minimum Gasteiger partial charge on any atom is -0.788 e. The number of hydrogen-bond acceptors (Lipinski definition) is 9. The Balaban J connectivity index is 0.000000606. The van der Waals surface area contributed by atoms with Crippen LogP contribution in [0.15, 0.2) is 9.74 Å². The molecular formula is C3H4N10O3. The molecule has 0 aliphatic heterocycles. The molecule has 0 bridgehead atoms. The van der Waals surface area contributed by atoms with Gasteiger partial charge in [-0.1, -0.05) is 0 Å². The van der Waals surface area contributed by atoms with Crippen molar-refractivity contribution in [2.75, 3.05) is 0 Å². The fourth-order valence-corrected chi connectivity index (χ4v) is 0.750. The molecule has 2 heterocycles. The van der Waals surface area contributed by atoms with Gasteiger partial charge in [-0.25, -0.2) is 15.7 Å². The summed E-state index contributed by atoms with van der Waals surface area (Å²) < 4.78 is 4.26. The van der Waals surface area contributed by atoms with E-state index in [1.54, 1.807) is 0 Å². The maximum atomic E-state index is 10.9. The van der Waals surface area contributed by atoms with Gasteiger partial charge in [0.25, 0.3) is 0 Å². The Kier molecular flexibility index (Phi) is 3.68. The zero-order chi connectivity index (χ0) is 12.0. The highest BCUT2D eigenvalue weighted by Gasteiger charge is 2.15. The quantitative estimate of drug-likeness (QED) is 0.270. The molecule has 0 radical (unpaired) electrons. The average molecular weight is 228 g/mol. The van der Waals surface area contributed by atoms with Gasteiger partial charge in [-0.15, -0.1) is 5.10 Å². The molecule has 13 nitrogen and oxygen atoms in total. The smallest absolute Gasteiger partial charge is 0.202 e. The highest BCUT2D eigenvalue weighted by Crippen LogP contribution is 2.23. The number of rotatable bonds is 2. The van der Waals surface area contributed by atoms with Gasteiger partial charge in [0.05, 0.1) is 0 Å². The van der Waals surface area contributed by atoms with E-state index in [1.807, 2.05) is 0 Å². The maximum absolute atomic E-state index is 10.9. The summed E-state index contributed by atoms with van der Waals surface area (Å²) in [6.45, 7) is 0. The van der Waals surface area contributed by atoms with Crippen LogP contribution in [0.4, 0.5) is 5.82 Å². The average Bonchev–Trinajstić information content (AvgIpc) is 2.90. The fraction of sp³-hybridized carbons (Fsp3) is 0. The number of nitrogens with zero attached hydrogens (tertiary/aromatic N) is 9. The number of aromatic nitrogens is 6. The van der Waals surface area contributed by atoms with Gasteiger partial charge >= 0.3 is 0 Å². The zero-order valence-electron chi connectivity index (χ0n) is 7.50. The molecular weight excluding hydrogens is 224 g/mol. The minimum atomic E-state index is -0.242. The first-order valence-electron chi connectivity index (χ1n) is 3.48. The molecule has 4 N–H and O–H groups in total. The van der Waals surface area contributed by atoms with Crippen LogP contribution in [-0.2, 0) is 0 Å². The second-order valence-electron chi connectivity index (χ2n) is 2.00. The van der Waals surface area contributed by atoms with Gasteiger partial charge in [-0.3, -0.25) is 4.85 Å². The molecule has 0 aromatic carbocycles. The lowest BCUT2D eigenvalue weighted by molar-refractivity contribution is -0.670. The predicted octanol–water partition coefficient (Wildman–Crippen LogP) is -1.37. The van der Waals surface area contributed by atoms with Crippen LogP contribution in [-0.4, -0.2) is 35.9 Å². The van der Waals surface area contributed by atoms with Crippen molar-refractivity contribution in [2.45, 2.75) is 0 Å². The Hall–Kier alpha value is -2.76. The van der Waals surface area contributed by atoms with E-state index >= 15 is 0 Å². The van der Waals surface area contributed by atoms with E-state index in [9.17, 15) is 5.21 Å². The SMILES string of the molecule is [N-]=[N+]=Nc1nonc1-c1nnnn1[O-].[NH3+]O. The van der Waals surface area contributed by atoms with Crippen molar-refractivity contribution in [3.63, 3.8) is 0 Å². The second-order valence-corrected chi connectivity index (χ2v) is 2.00. The number of azide groups is 1. The number of hydrogen-bond donors (Lipinski definition) is 2. The van der Waals surface area contributed by atoms with E-state index < -0.39 is 0 Å². The molecule has 2 aromatic heterocycles. The van der Waals surface area contributed by atoms with Crippen LogP contribution >= 0.6 is 0 Å². The van der Waals surface area contributed by atoms with Gasteiger partial charge in [0.2, 0.25) is 11.6 Å². The molecule has 0 fully saturated rings. The van der Waals surface area contributed by atoms with Crippen molar-refractivity contribution in [1.29, 1.82) is 0 Å².